The molecule has 24 heavy (non-hydrogen) atoms. The van der Waals surface area contributed by atoms with E-state index in [1.165, 1.54) is 6.92 Å². The van der Waals surface area contributed by atoms with Crippen LogP contribution < -0.4 is 4.74 Å². The second-order valence-electron chi connectivity index (χ2n) is 5.62. The third-order valence-electron chi connectivity index (χ3n) is 3.64. The number of aliphatic hydroxyl groups excluding tert-OH is 1. The predicted molar refractivity (Wildman–Crippen MR) is 89.4 cm³/mol. The van der Waals surface area contributed by atoms with Crippen LogP contribution in [0.2, 0.25) is 0 Å². The van der Waals surface area contributed by atoms with Crippen LogP contribution in [0.3, 0.4) is 0 Å². The summed E-state index contributed by atoms with van der Waals surface area (Å²) in [5.74, 6) is -0.330. The summed E-state index contributed by atoms with van der Waals surface area (Å²) in [5.41, 5.74) is -0.644. The molecule has 0 aliphatic rings. The van der Waals surface area contributed by atoms with Gasteiger partial charge in [0.1, 0.15) is 18.5 Å². The fraction of sp³-hybridized carbons (Fsp3) is 0.316. The van der Waals surface area contributed by atoms with E-state index in [-0.39, 0.29) is 6.61 Å². The molecule has 2 atom stereocenters. The fourth-order valence-electron chi connectivity index (χ4n) is 2.23. The maximum Gasteiger partial charge on any atom is 0.340 e. The van der Waals surface area contributed by atoms with E-state index in [0.29, 0.717) is 17.9 Å². The van der Waals surface area contributed by atoms with Gasteiger partial charge in [-0.3, -0.25) is 0 Å². The maximum atomic E-state index is 11.8. The van der Waals surface area contributed by atoms with Gasteiger partial charge >= 0.3 is 5.97 Å². The largest absolute Gasteiger partial charge is 0.489 e. The Morgan fingerprint density at radius 2 is 1.88 bits per heavy atom. The highest BCUT2D eigenvalue weighted by molar-refractivity contribution is 5.79. The molecule has 0 saturated carbocycles. The van der Waals surface area contributed by atoms with Gasteiger partial charge in [0.05, 0.1) is 6.61 Å². The molecular weight excluding hydrogens is 308 g/mol. The van der Waals surface area contributed by atoms with E-state index in [9.17, 15) is 15.0 Å². The number of carbonyl (C=O) groups is 1. The number of carbonyl (C=O) groups excluding carboxylic acids is 1. The summed E-state index contributed by atoms with van der Waals surface area (Å²) < 4.78 is 10.5. The highest BCUT2D eigenvalue weighted by Gasteiger charge is 2.41. The van der Waals surface area contributed by atoms with Crippen LogP contribution in [-0.4, -0.2) is 28.4 Å². The first-order valence-corrected chi connectivity index (χ1v) is 7.79. The van der Waals surface area contributed by atoms with Crippen molar-refractivity contribution in [2.75, 3.05) is 6.61 Å². The van der Waals surface area contributed by atoms with Crippen molar-refractivity contribution >= 4 is 5.97 Å². The Bertz CT molecular complexity index is 666. The summed E-state index contributed by atoms with van der Waals surface area (Å²) in [4.78, 5) is 11.8. The van der Waals surface area contributed by atoms with E-state index in [1.807, 2.05) is 30.3 Å². The van der Waals surface area contributed by atoms with Crippen LogP contribution in [-0.2, 0) is 16.1 Å². The summed E-state index contributed by atoms with van der Waals surface area (Å²) in [5, 5.41) is 20.6. The molecule has 2 rings (SSSR count). The van der Waals surface area contributed by atoms with Crippen LogP contribution in [0.25, 0.3) is 0 Å². The quantitative estimate of drug-likeness (QED) is 0.763. The molecule has 2 aromatic carbocycles. The van der Waals surface area contributed by atoms with Crippen molar-refractivity contribution in [2.24, 2.45) is 0 Å². The molecule has 0 spiro atoms. The van der Waals surface area contributed by atoms with Crippen LogP contribution >= 0.6 is 0 Å². The minimum atomic E-state index is -2.03. The van der Waals surface area contributed by atoms with Crippen LogP contribution in [0.4, 0.5) is 0 Å². The predicted octanol–water partition coefficient (Wildman–Crippen LogP) is 2.61. The minimum absolute atomic E-state index is 0.127. The van der Waals surface area contributed by atoms with Crippen LogP contribution in [0.1, 0.15) is 31.1 Å². The molecule has 0 aromatic heterocycles. The van der Waals surface area contributed by atoms with Gasteiger partial charge in [-0.2, -0.15) is 0 Å². The second kappa shape index (κ2) is 7.95. The number of benzene rings is 2. The monoisotopic (exact) mass is 330 g/mol. The zero-order chi connectivity index (χ0) is 17.6. The normalized spacial score (nSPS) is 14.5. The van der Waals surface area contributed by atoms with Crippen LogP contribution in [0, 0.1) is 0 Å². The van der Waals surface area contributed by atoms with Gasteiger partial charge in [-0.1, -0.05) is 42.5 Å². The number of esters is 1. The van der Waals surface area contributed by atoms with Gasteiger partial charge in [-0.15, -0.1) is 0 Å². The van der Waals surface area contributed by atoms with E-state index >= 15 is 0 Å². The van der Waals surface area contributed by atoms with Crippen molar-refractivity contribution in [2.45, 2.75) is 32.2 Å². The number of hydrogen-bond donors (Lipinski definition) is 2. The number of aliphatic hydroxyl groups is 2. The Morgan fingerprint density at radius 3 is 2.54 bits per heavy atom. The van der Waals surface area contributed by atoms with Crippen molar-refractivity contribution < 1.29 is 24.5 Å². The van der Waals surface area contributed by atoms with E-state index < -0.39 is 17.7 Å². The number of hydrogen-bond acceptors (Lipinski definition) is 5. The molecule has 0 saturated heterocycles. The van der Waals surface area contributed by atoms with Crippen molar-refractivity contribution in [3.05, 3.63) is 65.7 Å². The molecule has 2 N–H and O–H groups in total. The van der Waals surface area contributed by atoms with Gasteiger partial charge < -0.3 is 19.7 Å². The van der Waals surface area contributed by atoms with Gasteiger partial charge in [-0.05, 0) is 37.1 Å². The van der Waals surface area contributed by atoms with Gasteiger partial charge in [0.25, 0.3) is 0 Å². The molecule has 5 nitrogen and oxygen atoms in total. The third-order valence-corrected chi connectivity index (χ3v) is 3.64. The van der Waals surface area contributed by atoms with Crippen LogP contribution in [0.15, 0.2) is 54.6 Å². The van der Waals surface area contributed by atoms with E-state index in [1.54, 1.807) is 31.2 Å². The van der Waals surface area contributed by atoms with Crippen molar-refractivity contribution in [3.63, 3.8) is 0 Å². The average Bonchev–Trinajstić information content (AvgIpc) is 2.60. The summed E-state index contributed by atoms with van der Waals surface area (Å²) in [6.07, 6.45) is -1.42. The lowest BCUT2D eigenvalue weighted by Crippen LogP contribution is -2.42. The zero-order valence-corrected chi connectivity index (χ0v) is 13.8. The van der Waals surface area contributed by atoms with Gasteiger partial charge in [0.2, 0.25) is 0 Å². The molecular formula is C19H22O5. The zero-order valence-electron chi connectivity index (χ0n) is 13.8. The summed E-state index contributed by atoms with van der Waals surface area (Å²) in [6.45, 7) is 3.38. The first-order valence-electron chi connectivity index (χ1n) is 7.79. The molecule has 2 aromatic rings. The first-order chi connectivity index (χ1) is 11.4. The Morgan fingerprint density at radius 1 is 1.17 bits per heavy atom. The Labute approximate surface area is 141 Å². The molecule has 0 fully saturated rings. The molecule has 0 amide bonds. The Balaban J connectivity index is 2.10. The second-order valence-corrected chi connectivity index (χ2v) is 5.62. The standard InChI is InChI=1S/C19H22O5/c1-3-23-18(21)19(2,22)17(20)15-10-7-11-16(12-15)24-13-14-8-5-4-6-9-14/h4-12,17,20,22H,3,13H2,1-2H3/t17-,19-/m1/s1. The van der Waals surface area contributed by atoms with Gasteiger partial charge in [0, 0.05) is 0 Å². The molecule has 0 aliphatic heterocycles. The smallest absolute Gasteiger partial charge is 0.340 e. The maximum absolute atomic E-state index is 11.8. The molecule has 5 heteroatoms. The lowest BCUT2D eigenvalue weighted by atomic mass is 9.93. The lowest BCUT2D eigenvalue weighted by Gasteiger charge is -2.27. The number of ether oxygens (including phenoxy) is 2. The minimum Gasteiger partial charge on any atom is -0.489 e. The van der Waals surface area contributed by atoms with Crippen molar-refractivity contribution in [1.29, 1.82) is 0 Å². The molecule has 128 valence electrons. The molecule has 0 bridgehead atoms. The van der Waals surface area contributed by atoms with E-state index in [2.05, 4.69) is 0 Å². The Kier molecular flexibility index (Phi) is 5.95. The van der Waals surface area contributed by atoms with Gasteiger partial charge in [-0.25, -0.2) is 4.79 Å². The first kappa shape index (κ1) is 18.0. The fourth-order valence-corrected chi connectivity index (χ4v) is 2.23. The van der Waals surface area contributed by atoms with E-state index in [0.717, 1.165) is 5.56 Å². The lowest BCUT2D eigenvalue weighted by molar-refractivity contribution is -0.175. The third kappa shape index (κ3) is 4.34. The molecule has 0 unspecified atom stereocenters. The molecule has 0 aliphatic carbocycles. The topological polar surface area (TPSA) is 76.0 Å². The summed E-state index contributed by atoms with van der Waals surface area (Å²) >= 11 is 0. The number of rotatable bonds is 7. The molecule has 0 radical (unpaired) electrons. The Hall–Kier alpha value is -2.37. The highest BCUT2D eigenvalue weighted by Crippen LogP contribution is 2.29. The molecule has 0 heterocycles. The van der Waals surface area contributed by atoms with Gasteiger partial charge in [0.15, 0.2) is 5.60 Å². The van der Waals surface area contributed by atoms with Crippen molar-refractivity contribution in [1.82, 2.24) is 0 Å². The van der Waals surface area contributed by atoms with Crippen molar-refractivity contribution in [3.8, 4) is 5.75 Å². The highest BCUT2D eigenvalue weighted by atomic mass is 16.6. The average molecular weight is 330 g/mol. The summed E-state index contributed by atoms with van der Waals surface area (Å²) in [6, 6.07) is 16.3. The summed E-state index contributed by atoms with van der Waals surface area (Å²) in [7, 11) is 0. The SMILES string of the molecule is CCOC(=O)[C@](C)(O)[C@H](O)c1cccc(OCc2ccccc2)c1. The van der Waals surface area contributed by atoms with E-state index in [4.69, 9.17) is 9.47 Å². The van der Waals surface area contributed by atoms with Crippen LogP contribution in [0.5, 0.6) is 5.75 Å².